The number of carboxylic acids is 1. The lowest BCUT2D eigenvalue weighted by Crippen LogP contribution is -2.33. The van der Waals surface area contributed by atoms with Crippen molar-refractivity contribution in [3.05, 3.63) is 0 Å². The van der Waals surface area contributed by atoms with Gasteiger partial charge in [-0.3, -0.25) is 4.99 Å². The standard InChI is InChI=1S/C8H13NO2S/c1-5(2)6-9-8(3,4-12-6)7(10)11/h5H,4H2,1-3H3,(H,10,11). The number of nitrogens with zero attached hydrogens (tertiary/aromatic N) is 1. The summed E-state index contributed by atoms with van der Waals surface area (Å²) in [5.74, 6) is 0.0809. The van der Waals surface area contributed by atoms with Gasteiger partial charge in [0.05, 0.1) is 5.04 Å². The van der Waals surface area contributed by atoms with E-state index in [2.05, 4.69) is 4.99 Å². The highest BCUT2D eigenvalue weighted by atomic mass is 32.2. The summed E-state index contributed by atoms with van der Waals surface area (Å²) < 4.78 is 0. The molecular weight excluding hydrogens is 174 g/mol. The maximum atomic E-state index is 10.8. The van der Waals surface area contributed by atoms with Crippen molar-refractivity contribution in [3.8, 4) is 0 Å². The molecule has 0 spiro atoms. The summed E-state index contributed by atoms with van der Waals surface area (Å²) in [4.78, 5) is 15.0. The molecule has 0 radical (unpaired) electrons. The molecule has 68 valence electrons. The first-order valence-corrected chi connectivity index (χ1v) is 4.90. The van der Waals surface area contributed by atoms with E-state index in [4.69, 9.17) is 5.11 Å². The fourth-order valence-electron chi connectivity index (χ4n) is 0.928. The molecule has 0 bridgehead atoms. The molecule has 0 amide bonds. The van der Waals surface area contributed by atoms with Gasteiger partial charge in [-0.25, -0.2) is 4.79 Å². The molecule has 0 aromatic carbocycles. The lowest BCUT2D eigenvalue weighted by atomic mass is 10.1. The Balaban J connectivity index is 2.82. The lowest BCUT2D eigenvalue weighted by molar-refractivity contribution is -0.141. The topological polar surface area (TPSA) is 49.7 Å². The van der Waals surface area contributed by atoms with Gasteiger partial charge < -0.3 is 5.11 Å². The summed E-state index contributed by atoms with van der Waals surface area (Å²) in [6.45, 7) is 5.72. The van der Waals surface area contributed by atoms with E-state index in [-0.39, 0.29) is 0 Å². The van der Waals surface area contributed by atoms with Gasteiger partial charge in [-0.05, 0) is 6.92 Å². The van der Waals surface area contributed by atoms with E-state index in [1.54, 1.807) is 18.7 Å². The highest BCUT2D eigenvalue weighted by Crippen LogP contribution is 2.30. The average Bonchev–Trinajstić information content (AvgIpc) is 2.33. The monoisotopic (exact) mass is 187 g/mol. The minimum Gasteiger partial charge on any atom is -0.479 e. The molecule has 12 heavy (non-hydrogen) atoms. The van der Waals surface area contributed by atoms with Crippen LogP contribution in [0.3, 0.4) is 0 Å². The molecule has 0 saturated carbocycles. The highest BCUT2D eigenvalue weighted by molar-refractivity contribution is 8.14. The van der Waals surface area contributed by atoms with E-state index in [1.165, 1.54) is 0 Å². The molecular formula is C8H13NO2S. The second kappa shape index (κ2) is 3.09. The fraction of sp³-hybridized carbons (Fsp3) is 0.750. The Bertz CT molecular complexity index is 237. The van der Waals surface area contributed by atoms with E-state index in [1.807, 2.05) is 13.8 Å². The van der Waals surface area contributed by atoms with Crippen LogP contribution in [-0.2, 0) is 4.79 Å². The summed E-state index contributed by atoms with van der Waals surface area (Å²) in [6.07, 6.45) is 0. The second-order valence-corrected chi connectivity index (χ2v) is 4.47. The number of aliphatic carboxylic acids is 1. The van der Waals surface area contributed by atoms with Crippen LogP contribution in [0.2, 0.25) is 0 Å². The number of hydrogen-bond donors (Lipinski definition) is 1. The number of carboxylic acid groups (broad SMARTS) is 1. The first kappa shape index (κ1) is 9.58. The SMILES string of the molecule is CC(C)C1=NC(C)(C(=O)O)CS1. The third-order valence-corrected chi connectivity index (χ3v) is 3.38. The minimum absolute atomic E-state index is 0.344. The van der Waals surface area contributed by atoms with Gasteiger partial charge in [-0.2, -0.15) is 0 Å². The van der Waals surface area contributed by atoms with E-state index in [0.29, 0.717) is 11.7 Å². The van der Waals surface area contributed by atoms with Gasteiger partial charge in [0.15, 0.2) is 5.54 Å². The molecule has 0 aromatic heterocycles. The van der Waals surface area contributed by atoms with Crippen LogP contribution in [0.1, 0.15) is 20.8 Å². The molecule has 3 nitrogen and oxygen atoms in total. The Labute approximate surface area is 76.3 Å². The second-order valence-electron chi connectivity index (χ2n) is 3.47. The third-order valence-electron chi connectivity index (χ3n) is 1.81. The quantitative estimate of drug-likeness (QED) is 0.714. The lowest BCUT2D eigenvalue weighted by Gasteiger charge is -2.11. The molecule has 1 rings (SSSR count). The van der Waals surface area contributed by atoms with E-state index in [9.17, 15) is 4.79 Å². The summed E-state index contributed by atoms with van der Waals surface area (Å²) in [6, 6.07) is 0. The van der Waals surface area contributed by atoms with Crippen molar-refractivity contribution in [2.75, 3.05) is 5.75 Å². The van der Waals surface area contributed by atoms with Crippen LogP contribution < -0.4 is 0 Å². The Morgan fingerprint density at radius 3 is 2.58 bits per heavy atom. The maximum absolute atomic E-state index is 10.8. The van der Waals surface area contributed by atoms with Gasteiger partial charge in [0.25, 0.3) is 0 Å². The Morgan fingerprint density at radius 2 is 2.33 bits per heavy atom. The summed E-state index contributed by atoms with van der Waals surface area (Å²) >= 11 is 1.55. The van der Waals surface area contributed by atoms with Crippen molar-refractivity contribution in [2.45, 2.75) is 26.3 Å². The molecule has 4 heteroatoms. The van der Waals surface area contributed by atoms with Gasteiger partial charge in [-0.1, -0.05) is 13.8 Å². The van der Waals surface area contributed by atoms with Crippen LogP contribution in [0.5, 0.6) is 0 Å². The van der Waals surface area contributed by atoms with Crippen LogP contribution in [0, 0.1) is 5.92 Å². The van der Waals surface area contributed by atoms with E-state index in [0.717, 1.165) is 5.04 Å². The molecule has 0 aliphatic carbocycles. The summed E-state index contributed by atoms with van der Waals surface area (Å²) in [5.41, 5.74) is -0.885. The fourth-order valence-corrected chi connectivity index (χ4v) is 2.14. The van der Waals surface area contributed by atoms with Crippen molar-refractivity contribution in [1.82, 2.24) is 0 Å². The molecule has 0 saturated heterocycles. The first-order valence-electron chi connectivity index (χ1n) is 3.91. The molecule has 1 atom stereocenters. The average molecular weight is 187 g/mol. The van der Waals surface area contributed by atoms with Gasteiger partial charge in [-0.15, -0.1) is 11.8 Å². The van der Waals surface area contributed by atoms with Gasteiger partial charge in [0.1, 0.15) is 0 Å². The zero-order chi connectivity index (χ0) is 9.35. The van der Waals surface area contributed by atoms with Crippen LogP contribution >= 0.6 is 11.8 Å². The maximum Gasteiger partial charge on any atom is 0.332 e. The Hall–Kier alpha value is -0.510. The number of rotatable bonds is 2. The number of aliphatic imine (C=N–C) groups is 1. The highest BCUT2D eigenvalue weighted by Gasteiger charge is 2.38. The van der Waals surface area contributed by atoms with E-state index < -0.39 is 11.5 Å². The van der Waals surface area contributed by atoms with Crippen molar-refractivity contribution in [1.29, 1.82) is 0 Å². The predicted molar refractivity (Wildman–Crippen MR) is 50.8 cm³/mol. The molecule has 1 unspecified atom stereocenters. The largest absolute Gasteiger partial charge is 0.479 e. The molecule has 1 aliphatic heterocycles. The summed E-state index contributed by atoms with van der Waals surface area (Å²) in [5, 5.41) is 9.81. The van der Waals surface area contributed by atoms with Crippen LogP contribution in [-0.4, -0.2) is 27.4 Å². The van der Waals surface area contributed by atoms with Crippen molar-refractivity contribution in [2.24, 2.45) is 10.9 Å². The van der Waals surface area contributed by atoms with Gasteiger partial charge in [0, 0.05) is 11.7 Å². The molecule has 0 fully saturated rings. The van der Waals surface area contributed by atoms with Gasteiger partial charge >= 0.3 is 5.97 Å². The first-order chi connectivity index (χ1) is 5.46. The van der Waals surface area contributed by atoms with E-state index >= 15 is 0 Å². The van der Waals surface area contributed by atoms with Crippen molar-refractivity contribution < 1.29 is 9.90 Å². The number of carbonyl (C=O) groups is 1. The number of hydrogen-bond acceptors (Lipinski definition) is 3. The van der Waals surface area contributed by atoms with Crippen LogP contribution in [0.4, 0.5) is 0 Å². The third kappa shape index (κ3) is 1.63. The molecule has 1 N–H and O–H groups in total. The smallest absolute Gasteiger partial charge is 0.332 e. The molecule has 0 aromatic rings. The van der Waals surface area contributed by atoms with Crippen molar-refractivity contribution >= 4 is 22.8 Å². The molecule has 1 heterocycles. The zero-order valence-corrected chi connectivity index (χ0v) is 8.31. The predicted octanol–water partition coefficient (Wildman–Crippen LogP) is 1.63. The van der Waals surface area contributed by atoms with Gasteiger partial charge in [0.2, 0.25) is 0 Å². The van der Waals surface area contributed by atoms with Crippen molar-refractivity contribution in [3.63, 3.8) is 0 Å². The summed E-state index contributed by atoms with van der Waals surface area (Å²) in [7, 11) is 0. The zero-order valence-electron chi connectivity index (χ0n) is 7.50. The minimum atomic E-state index is -0.885. The Kier molecular flexibility index (Phi) is 2.46. The van der Waals surface area contributed by atoms with Crippen LogP contribution in [0.25, 0.3) is 0 Å². The normalized spacial score (nSPS) is 29.2. The Morgan fingerprint density at radius 1 is 1.75 bits per heavy atom. The van der Waals surface area contributed by atoms with Crippen LogP contribution in [0.15, 0.2) is 4.99 Å². The number of thioether (sulfide) groups is 1. The molecule has 1 aliphatic rings.